The van der Waals surface area contributed by atoms with Crippen LogP contribution in [0.1, 0.15) is 65.0 Å². The van der Waals surface area contributed by atoms with Crippen LogP contribution in [0.15, 0.2) is 18.2 Å². The van der Waals surface area contributed by atoms with Crippen molar-refractivity contribution in [2.45, 2.75) is 78.4 Å². The van der Waals surface area contributed by atoms with Crippen molar-refractivity contribution in [3.05, 3.63) is 29.3 Å². The van der Waals surface area contributed by atoms with Gasteiger partial charge in [-0.1, -0.05) is 19.1 Å². The molecule has 0 aromatic heterocycles. The number of nitrogens with one attached hydrogen (secondary N) is 2. The lowest BCUT2D eigenvalue weighted by atomic mass is 9.92. The van der Waals surface area contributed by atoms with E-state index in [0.717, 1.165) is 57.7 Å². The van der Waals surface area contributed by atoms with Crippen molar-refractivity contribution in [3.63, 3.8) is 0 Å². The lowest BCUT2D eigenvalue weighted by molar-refractivity contribution is -0.132. The number of hydrogen-bond acceptors (Lipinski definition) is 5. The Labute approximate surface area is 204 Å². The molecule has 0 aliphatic carbocycles. The predicted molar refractivity (Wildman–Crippen MR) is 134 cm³/mol. The van der Waals surface area contributed by atoms with Crippen molar-refractivity contribution < 1.29 is 19.1 Å². The second-order valence-electron chi connectivity index (χ2n) is 10.9. The molecule has 0 saturated carbocycles. The zero-order chi connectivity index (χ0) is 24.7. The number of carbonyl (C=O) groups is 2. The quantitative estimate of drug-likeness (QED) is 0.568. The van der Waals surface area contributed by atoms with E-state index in [1.165, 1.54) is 11.1 Å². The first-order valence-corrected chi connectivity index (χ1v) is 12.8. The number of alkyl carbamates (subject to hydrolysis) is 1. The molecular formula is C27H43N3O4. The lowest BCUT2D eigenvalue weighted by Crippen LogP contribution is -2.44. The zero-order valence-electron chi connectivity index (χ0n) is 21.6. The van der Waals surface area contributed by atoms with Gasteiger partial charge in [-0.25, -0.2) is 4.79 Å². The van der Waals surface area contributed by atoms with E-state index in [1.807, 2.05) is 25.7 Å². The maximum Gasteiger partial charge on any atom is 0.407 e. The highest BCUT2D eigenvalue weighted by molar-refractivity contribution is 5.77. The van der Waals surface area contributed by atoms with Crippen LogP contribution < -0.4 is 15.4 Å². The summed E-state index contributed by atoms with van der Waals surface area (Å²) in [6.45, 7) is 13.7. The number of benzene rings is 1. The van der Waals surface area contributed by atoms with Crippen molar-refractivity contribution in [2.24, 2.45) is 11.8 Å². The maximum atomic E-state index is 12.5. The van der Waals surface area contributed by atoms with E-state index < -0.39 is 11.7 Å². The second-order valence-corrected chi connectivity index (χ2v) is 10.9. The Morgan fingerprint density at radius 3 is 2.65 bits per heavy atom. The van der Waals surface area contributed by atoms with Crippen molar-refractivity contribution in [2.75, 3.05) is 32.8 Å². The molecule has 1 aromatic carbocycles. The molecule has 3 rings (SSSR count). The number of hydrogen-bond donors (Lipinski definition) is 2. The van der Waals surface area contributed by atoms with Crippen molar-refractivity contribution in [3.8, 4) is 5.75 Å². The van der Waals surface area contributed by atoms with Crippen LogP contribution in [-0.4, -0.2) is 61.3 Å². The van der Waals surface area contributed by atoms with Crippen LogP contribution >= 0.6 is 0 Å². The molecule has 2 N–H and O–H groups in total. The van der Waals surface area contributed by atoms with Crippen LogP contribution in [0.4, 0.5) is 4.79 Å². The largest absolute Gasteiger partial charge is 0.493 e. The summed E-state index contributed by atoms with van der Waals surface area (Å²) in [5, 5.41) is 6.41. The van der Waals surface area contributed by atoms with Gasteiger partial charge >= 0.3 is 6.09 Å². The third-order valence-electron chi connectivity index (χ3n) is 6.87. The SMILES string of the molecule is CC(Cc1ccc2c(c1)CCO2)C(C)NCC1CCN(C(=O)CCNC(=O)OC(C)(C)C)CC1. The van der Waals surface area contributed by atoms with Crippen LogP contribution in [0, 0.1) is 11.8 Å². The summed E-state index contributed by atoms with van der Waals surface area (Å²) in [6.07, 6.45) is 3.96. The second kappa shape index (κ2) is 11.9. The summed E-state index contributed by atoms with van der Waals surface area (Å²) in [5.74, 6) is 2.28. The molecule has 2 aliphatic rings. The molecule has 1 saturated heterocycles. The van der Waals surface area contributed by atoms with Crippen LogP contribution in [0.5, 0.6) is 5.75 Å². The summed E-state index contributed by atoms with van der Waals surface area (Å²) in [5.41, 5.74) is 2.20. The third-order valence-corrected chi connectivity index (χ3v) is 6.87. The molecular weight excluding hydrogens is 430 g/mol. The Kier molecular flexibility index (Phi) is 9.23. The minimum absolute atomic E-state index is 0.101. The molecule has 2 aliphatic heterocycles. The minimum atomic E-state index is -0.531. The minimum Gasteiger partial charge on any atom is -0.493 e. The Morgan fingerprint density at radius 2 is 1.94 bits per heavy atom. The number of amides is 2. The van der Waals surface area contributed by atoms with E-state index in [1.54, 1.807) is 0 Å². The van der Waals surface area contributed by atoms with E-state index in [2.05, 4.69) is 42.7 Å². The molecule has 2 heterocycles. The maximum absolute atomic E-state index is 12.5. The highest BCUT2D eigenvalue weighted by Crippen LogP contribution is 2.27. The fourth-order valence-corrected chi connectivity index (χ4v) is 4.60. The predicted octanol–water partition coefficient (Wildman–Crippen LogP) is 3.93. The van der Waals surface area contributed by atoms with Gasteiger partial charge in [0.15, 0.2) is 0 Å². The molecule has 1 fully saturated rings. The fraction of sp³-hybridized carbons (Fsp3) is 0.704. The first kappa shape index (κ1) is 26.3. The molecule has 0 bridgehead atoms. The normalized spacial score (nSPS) is 18.1. The summed E-state index contributed by atoms with van der Waals surface area (Å²) < 4.78 is 10.8. The Morgan fingerprint density at radius 1 is 1.21 bits per heavy atom. The number of nitrogens with zero attached hydrogens (tertiary/aromatic N) is 1. The number of fused-ring (bicyclic) bond motifs is 1. The molecule has 0 radical (unpaired) electrons. The molecule has 1 aromatic rings. The highest BCUT2D eigenvalue weighted by Gasteiger charge is 2.24. The molecule has 190 valence electrons. The summed E-state index contributed by atoms with van der Waals surface area (Å²) in [6, 6.07) is 7.05. The first-order valence-electron chi connectivity index (χ1n) is 12.8. The molecule has 7 heteroatoms. The van der Waals surface area contributed by atoms with Gasteiger partial charge in [0.2, 0.25) is 5.91 Å². The number of piperidine rings is 1. The number of rotatable bonds is 9. The third kappa shape index (κ3) is 8.19. The Bertz CT molecular complexity index is 828. The zero-order valence-corrected chi connectivity index (χ0v) is 21.6. The monoisotopic (exact) mass is 473 g/mol. The van der Waals surface area contributed by atoms with Crippen LogP contribution in [0.2, 0.25) is 0 Å². The fourth-order valence-electron chi connectivity index (χ4n) is 4.60. The van der Waals surface area contributed by atoms with Gasteiger partial charge in [-0.2, -0.15) is 0 Å². The topological polar surface area (TPSA) is 79.9 Å². The van der Waals surface area contributed by atoms with Crippen molar-refractivity contribution in [1.29, 1.82) is 0 Å². The van der Waals surface area contributed by atoms with Gasteiger partial charge < -0.3 is 25.0 Å². The number of carbonyl (C=O) groups excluding carboxylic acids is 2. The highest BCUT2D eigenvalue weighted by atomic mass is 16.6. The smallest absolute Gasteiger partial charge is 0.407 e. The van der Waals surface area contributed by atoms with E-state index in [-0.39, 0.29) is 5.91 Å². The summed E-state index contributed by atoms with van der Waals surface area (Å²) in [7, 11) is 0. The van der Waals surface area contributed by atoms with E-state index in [0.29, 0.717) is 30.8 Å². The summed E-state index contributed by atoms with van der Waals surface area (Å²) >= 11 is 0. The standard InChI is InChI=1S/C27H43N3O4/c1-19(16-22-6-7-24-23(17-22)11-15-33-24)20(2)29-18-21-9-13-30(14-10-21)25(31)8-12-28-26(32)34-27(3,4)5/h6-7,17,19-21,29H,8-16,18H2,1-5H3,(H,28,32). The molecule has 7 nitrogen and oxygen atoms in total. The van der Waals surface area contributed by atoms with Crippen LogP contribution in [-0.2, 0) is 22.4 Å². The molecule has 34 heavy (non-hydrogen) atoms. The van der Waals surface area contributed by atoms with Gasteiger partial charge in [-0.05, 0) is 82.5 Å². The Hall–Kier alpha value is -2.28. The summed E-state index contributed by atoms with van der Waals surface area (Å²) in [4.78, 5) is 26.1. The van der Waals surface area contributed by atoms with Crippen molar-refractivity contribution >= 4 is 12.0 Å². The van der Waals surface area contributed by atoms with E-state index in [9.17, 15) is 9.59 Å². The van der Waals surface area contributed by atoms with Gasteiger partial charge in [-0.3, -0.25) is 4.79 Å². The molecule has 2 atom stereocenters. The molecule has 2 amide bonds. The van der Waals surface area contributed by atoms with Gasteiger partial charge in [-0.15, -0.1) is 0 Å². The average Bonchev–Trinajstić information content (AvgIpc) is 3.24. The number of ether oxygens (including phenoxy) is 2. The van der Waals surface area contributed by atoms with Crippen LogP contribution in [0.25, 0.3) is 0 Å². The van der Waals surface area contributed by atoms with Crippen molar-refractivity contribution in [1.82, 2.24) is 15.5 Å². The van der Waals surface area contributed by atoms with Gasteiger partial charge in [0.1, 0.15) is 11.4 Å². The number of likely N-dealkylation sites (tertiary alicyclic amines) is 1. The van der Waals surface area contributed by atoms with Gasteiger partial charge in [0.05, 0.1) is 6.61 Å². The van der Waals surface area contributed by atoms with Gasteiger partial charge in [0, 0.05) is 38.5 Å². The molecule has 0 spiro atoms. The molecule has 2 unspecified atom stereocenters. The average molecular weight is 474 g/mol. The lowest BCUT2D eigenvalue weighted by Gasteiger charge is -2.33. The van der Waals surface area contributed by atoms with E-state index >= 15 is 0 Å². The first-order chi connectivity index (χ1) is 16.1. The van der Waals surface area contributed by atoms with E-state index in [4.69, 9.17) is 9.47 Å². The Balaban J connectivity index is 1.31. The van der Waals surface area contributed by atoms with Crippen LogP contribution in [0.3, 0.4) is 0 Å². The van der Waals surface area contributed by atoms with Gasteiger partial charge in [0.25, 0.3) is 0 Å².